The summed E-state index contributed by atoms with van der Waals surface area (Å²) >= 11 is 2.29. The predicted molar refractivity (Wildman–Crippen MR) is 69.2 cm³/mol. The van der Waals surface area contributed by atoms with Crippen LogP contribution in [0.25, 0.3) is 0 Å². The summed E-state index contributed by atoms with van der Waals surface area (Å²) in [6.07, 6.45) is 0.370. The summed E-state index contributed by atoms with van der Waals surface area (Å²) < 4.78 is 6.17. The van der Waals surface area contributed by atoms with Gasteiger partial charge in [0.2, 0.25) is 0 Å². The maximum Gasteiger partial charge on any atom is 0.310 e. The summed E-state index contributed by atoms with van der Waals surface area (Å²) in [5, 5.41) is 0. The van der Waals surface area contributed by atoms with Crippen LogP contribution >= 0.6 is 22.6 Å². The molecule has 0 heterocycles. The first-order chi connectivity index (χ1) is 7.22. The Bertz CT molecular complexity index is 298. The minimum absolute atomic E-state index is 0.141. The molecule has 1 unspecified atom stereocenters. The molecule has 82 valence electrons. The molecule has 0 bridgehead atoms. The van der Waals surface area contributed by atoms with Crippen molar-refractivity contribution in [2.24, 2.45) is 5.92 Å². The highest BCUT2D eigenvalue weighted by Crippen LogP contribution is 2.04. The van der Waals surface area contributed by atoms with Crippen molar-refractivity contribution in [3.63, 3.8) is 0 Å². The van der Waals surface area contributed by atoms with Crippen molar-refractivity contribution in [3.05, 3.63) is 35.9 Å². The smallest absolute Gasteiger partial charge is 0.310 e. The minimum Gasteiger partial charge on any atom is -0.465 e. The number of alkyl halides is 1. The van der Waals surface area contributed by atoms with Crippen LogP contribution in [0, 0.1) is 5.92 Å². The van der Waals surface area contributed by atoms with Crippen LogP contribution in [0.3, 0.4) is 0 Å². The molecule has 1 rings (SSSR count). The molecular formula is C12H15IO2. The maximum absolute atomic E-state index is 11.4. The first-order valence-corrected chi connectivity index (χ1v) is 6.50. The molecule has 0 N–H and O–H groups in total. The van der Waals surface area contributed by atoms with Gasteiger partial charge in [0.25, 0.3) is 0 Å². The lowest BCUT2D eigenvalue weighted by atomic mass is 10.1. The van der Waals surface area contributed by atoms with Gasteiger partial charge < -0.3 is 4.74 Å². The van der Waals surface area contributed by atoms with Crippen LogP contribution in [0.1, 0.15) is 12.5 Å². The second kappa shape index (κ2) is 6.82. The molecule has 0 saturated heterocycles. The lowest BCUT2D eigenvalue weighted by Crippen LogP contribution is -2.14. The Labute approximate surface area is 104 Å². The third-order valence-corrected chi connectivity index (χ3v) is 3.49. The van der Waals surface area contributed by atoms with Gasteiger partial charge in [-0.3, -0.25) is 4.79 Å². The van der Waals surface area contributed by atoms with Crippen molar-refractivity contribution in [1.29, 1.82) is 0 Å². The van der Waals surface area contributed by atoms with E-state index in [0.29, 0.717) is 18.9 Å². The first kappa shape index (κ1) is 12.5. The second-order valence-corrected chi connectivity index (χ2v) is 4.49. The highest BCUT2D eigenvalue weighted by Gasteiger charge is 2.06. The largest absolute Gasteiger partial charge is 0.465 e. The Hall–Kier alpha value is -0.580. The van der Waals surface area contributed by atoms with Crippen molar-refractivity contribution in [1.82, 2.24) is 0 Å². The number of hydrogen-bond donors (Lipinski definition) is 0. The number of ether oxygens (including phenoxy) is 1. The number of halogens is 1. The van der Waals surface area contributed by atoms with E-state index in [1.807, 2.05) is 30.3 Å². The molecule has 1 atom stereocenters. The van der Waals surface area contributed by atoms with E-state index in [9.17, 15) is 4.79 Å². The van der Waals surface area contributed by atoms with Gasteiger partial charge in [-0.1, -0.05) is 59.8 Å². The fourth-order valence-electron chi connectivity index (χ4n) is 1.09. The van der Waals surface area contributed by atoms with E-state index in [0.717, 1.165) is 9.99 Å². The first-order valence-electron chi connectivity index (χ1n) is 4.98. The van der Waals surface area contributed by atoms with E-state index in [1.54, 1.807) is 0 Å². The molecule has 0 aliphatic carbocycles. The van der Waals surface area contributed by atoms with Crippen molar-refractivity contribution >= 4 is 28.6 Å². The van der Waals surface area contributed by atoms with E-state index in [4.69, 9.17) is 4.74 Å². The maximum atomic E-state index is 11.4. The van der Waals surface area contributed by atoms with Crippen molar-refractivity contribution < 1.29 is 9.53 Å². The van der Waals surface area contributed by atoms with Gasteiger partial charge in [0.1, 0.15) is 0 Å². The molecule has 0 spiro atoms. The Kier molecular flexibility index (Phi) is 5.68. The number of carbonyl (C=O) groups is 1. The molecule has 1 aromatic rings. The summed E-state index contributed by atoms with van der Waals surface area (Å²) in [5.74, 6) is 0.295. The molecule has 0 aromatic heterocycles. The van der Waals surface area contributed by atoms with Gasteiger partial charge >= 0.3 is 5.97 Å². The molecule has 2 nitrogen and oxygen atoms in total. The standard InChI is InChI=1S/C12H15IO2/c1-10(8-13)9-15-12(14)7-11-5-3-2-4-6-11/h2-6,10H,7-9H2,1H3. The zero-order chi connectivity index (χ0) is 11.1. The van der Waals surface area contributed by atoms with Crippen molar-refractivity contribution in [2.75, 3.05) is 11.0 Å². The normalized spacial score (nSPS) is 12.1. The topological polar surface area (TPSA) is 26.3 Å². The number of hydrogen-bond acceptors (Lipinski definition) is 2. The number of benzene rings is 1. The number of esters is 1. The average Bonchev–Trinajstić information content (AvgIpc) is 2.27. The Morgan fingerprint density at radius 1 is 1.40 bits per heavy atom. The highest BCUT2D eigenvalue weighted by atomic mass is 127. The third kappa shape index (κ3) is 5.16. The predicted octanol–water partition coefficient (Wildman–Crippen LogP) is 2.84. The van der Waals surface area contributed by atoms with Crippen molar-refractivity contribution in [3.8, 4) is 0 Å². The van der Waals surface area contributed by atoms with E-state index >= 15 is 0 Å². The zero-order valence-electron chi connectivity index (χ0n) is 8.78. The minimum atomic E-state index is -0.141. The summed E-state index contributed by atoms with van der Waals surface area (Å²) in [6.45, 7) is 2.59. The highest BCUT2D eigenvalue weighted by molar-refractivity contribution is 14.1. The molecule has 0 aliphatic heterocycles. The number of carbonyl (C=O) groups excluding carboxylic acids is 1. The second-order valence-electron chi connectivity index (χ2n) is 3.60. The molecule has 0 aliphatic rings. The van der Waals surface area contributed by atoms with E-state index in [-0.39, 0.29) is 5.97 Å². The molecule has 0 radical (unpaired) electrons. The van der Waals surface area contributed by atoms with Crippen LogP contribution in [0.2, 0.25) is 0 Å². The van der Waals surface area contributed by atoms with Gasteiger partial charge in [0, 0.05) is 4.43 Å². The molecule has 3 heteroatoms. The number of rotatable bonds is 5. The SMILES string of the molecule is CC(CI)COC(=O)Cc1ccccc1. The third-order valence-electron chi connectivity index (χ3n) is 1.98. The van der Waals surface area contributed by atoms with Crippen LogP contribution in [0.5, 0.6) is 0 Å². The van der Waals surface area contributed by atoms with Gasteiger partial charge in [0.05, 0.1) is 13.0 Å². The van der Waals surface area contributed by atoms with Crippen LogP contribution in [0.15, 0.2) is 30.3 Å². The fourth-order valence-corrected chi connectivity index (χ4v) is 1.35. The van der Waals surface area contributed by atoms with Gasteiger partial charge in [0.15, 0.2) is 0 Å². The Morgan fingerprint density at radius 2 is 2.07 bits per heavy atom. The quantitative estimate of drug-likeness (QED) is 0.474. The van der Waals surface area contributed by atoms with Crippen molar-refractivity contribution in [2.45, 2.75) is 13.3 Å². The van der Waals surface area contributed by atoms with Gasteiger partial charge in [-0.05, 0) is 11.5 Å². The van der Waals surface area contributed by atoms with Crippen LogP contribution in [0.4, 0.5) is 0 Å². The molecular weight excluding hydrogens is 303 g/mol. The average molecular weight is 318 g/mol. The van der Waals surface area contributed by atoms with Gasteiger partial charge in [-0.25, -0.2) is 0 Å². The zero-order valence-corrected chi connectivity index (χ0v) is 10.9. The van der Waals surface area contributed by atoms with Gasteiger partial charge in [-0.2, -0.15) is 0 Å². The van der Waals surface area contributed by atoms with Crippen LogP contribution in [-0.4, -0.2) is 17.0 Å². The summed E-state index contributed by atoms with van der Waals surface area (Å²) in [5.41, 5.74) is 1.00. The Morgan fingerprint density at radius 3 is 2.67 bits per heavy atom. The molecule has 15 heavy (non-hydrogen) atoms. The monoisotopic (exact) mass is 318 g/mol. The van der Waals surface area contributed by atoms with Crippen LogP contribution < -0.4 is 0 Å². The molecule has 0 fully saturated rings. The molecule has 0 saturated carbocycles. The lowest BCUT2D eigenvalue weighted by molar-refractivity contribution is -0.143. The Balaban J connectivity index is 2.31. The fraction of sp³-hybridized carbons (Fsp3) is 0.417. The summed E-state index contributed by atoms with van der Waals surface area (Å²) in [7, 11) is 0. The summed E-state index contributed by atoms with van der Waals surface area (Å²) in [4.78, 5) is 11.4. The van der Waals surface area contributed by atoms with Gasteiger partial charge in [-0.15, -0.1) is 0 Å². The van der Waals surface area contributed by atoms with E-state index < -0.39 is 0 Å². The van der Waals surface area contributed by atoms with E-state index in [2.05, 4.69) is 29.5 Å². The molecule has 0 amide bonds. The molecule has 1 aromatic carbocycles. The van der Waals surface area contributed by atoms with Crippen LogP contribution in [-0.2, 0) is 16.0 Å². The lowest BCUT2D eigenvalue weighted by Gasteiger charge is -2.08. The summed E-state index contributed by atoms with van der Waals surface area (Å²) in [6, 6.07) is 9.66. The van der Waals surface area contributed by atoms with E-state index in [1.165, 1.54) is 0 Å².